The standard InChI is InChI=1S/C58H71N9O8S/c1-9-37-26-43-44(58(6,7)53-50(51(43)71)42-15-14-39(59-8)27-45(42)62-53)29-46(37)65-18-16-40(17-19-65)64-20-22-66(23-21-64)49(70)33-75-25-24-74-32-48(69)63-54(57(3,4)5)56(73)67-31-41(68)28-47(67)55(72)60-30-36-10-12-38(13-11-36)52-35(2)61-34-76-52/h10-15,26-27,29,34,40-41,47,54,62,68H,9,16-25,28,30-33H2,1-7H3,(H,60,72)(H,63,69)/t41-,47+,54-/m1/s1. The van der Waals surface area contributed by atoms with Crippen LogP contribution in [0, 0.1) is 18.9 Å². The van der Waals surface area contributed by atoms with Gasteiger partial charge in [0.2, 0.25) is 23.6 Å². The van der Waals surface area contributed by atoms with E-state index in [2.05, 4.69) is 68.2 Å². The molecule has 76 heavy (non-hydrogen) atoms. The quantitative estimate of drug-likeness (QED) is 0.0620. The summed E-state index contributed by atoms with van der Waals surface area (Å²) in [5, 5.41) is 17.2. The van der Waals surface area contributed by atoms with E-state index in [0.717, 1.165) is 94.9 Å². The SMILES string of the molecule is [C-]#[N+]c1ccc2c3c([nH]c2c1)C(C)(C)c1cc(N2CCC(N4CCN(C(=O)COCCOCC(=O)N[C@H](C(=O)N5C[C@H](O)C[C@H]5C(=O)NCc5ccc(-c6scnc6C)cc5)C(C)(C)C)CC4)CC2)c(CC)cc1C3=O. The molecule has 0 radical (unpaired) electrons. The number of nitrogens with zero attached hydrogens (tertiary/aromatic N) is 6. The third-order valence-electron chi connectivity index (χ3n) is 15.8. The number of ketones is 1. The van der Waals surface area contributed by atoms with E-state index in [1.54, 1.807) is 17.4 Å². The van der Waals surface area contributed by atoms with Gasteiger partial charge in [0.1, 0.15) is 25.3 Å². The summed E-state index contributed by atoms with van der Waals surface area (Å²) >= 11 is 1.57. The minimum atomic E-state index is -0.996. The van der Waals surface area contributed by atoms with Gasteiger partial charge in [0.15, 0.2) is 11.5 Å². The Morgan fingerprint density at radius 2 is 1.68 bits per heavy atom. The van der Waals surface area contributed by atoms with Gasteiger partial charge in [-0.05, 0) is 72.1 Å². The number of aliphatic hydroxyl groups excluding tert-OH is 1. The van der Waals surface area contributed by atoms with Crippen molar-refractivity contribution in [3.05, 3.63) is 111 Å². The number of piperazine rings is 1. The van der Waals surface area contributed by atoms with E-state index in [-0.39, 0.29) is 63.5 Å². The molecule has 5 heterocycles. The molecule has 4 N–H and O–H groups in total. The smallest absolute Gasteiger partial charge is 0.248 e. The van der Waals surface area contributed by atoms with Crippen molar-refractivity contribution in [1.82, 2.24) is 35.3 Å². The number of β-amino-alcohol motifs (C(OH)–C–C–N with tert-alkyl or cyclic N) is 1. The molecule has 4 aliphatic rings. The monoisotopic (exact) mass is 1050 g/mol. The van der Waals surface area contributed by atoms with Crippen molar-refractivity contribution in [1.29, 1.82) is 0 Å². The van der Waals surface area contributed by atoms with Gasteiger partial charge in [0.05, 0.1) is 47.5 Å². The normalized spacial score (nSPS) is 19.3. The zero-order valence-corrected chi connectivity index (χ0v) is 45.6. The maximum atomic E-state index is 14.2. The molecule has 0 saturated carbocycles. The number of aliphatic hydroxyl groups is 1. The van der Waals surface area contributed by atoms with Crippen molar-refractivity contribution < 1.29 is 38.6 Å². The number of piperidine rings is 1. The number of thiazole rings is 1. The number of H-pyrrole nitrogens is 1. The summed E-state index contributed by atoms with van der Waals surface area (Å²) in [6.07, 6.45) is 1.99. The van der Waals surface area contributed by atoms with Crippen LogP contribution in [0.3, 0.4) is 0 Å². The highest BCUT2D eigenvalue weighted by atomic mass is 32.1. The van der Waals surface area contributed by atoms with Crippen molar-refractivity contribution in [3.63, 3.8) is 0 Å². The van der Waals surface area contributed by atoms with E-state index in [9.17, 15) is 29.1 Å². The first-order valence-corrected chi connectivity index (χ1v) is 27.5. The van der Waals surface area contributed by atoms with E-state index in [1.807, 2.05) is 74.5 Å². The summed E-state index contributed by atoms with van der Waals surface area (Å²) in [5.41, 5.74) is 10.6. The minimum Gasteiger partial charge on any atom is -0.391 e. The van der Waals surface area contributed by atoms with E-state index in [1.165, 1.54) is 16.2 Å². The number of nitrogens with one attached hydrogen (secondary N) is 3. The van der Waals surface area contributed by atoms with Crippen molar-refractivity contribution in [2.45, 2.75) is 110 Å². The van der Waals surface area contributed by atoms with Crippen LogP contribution < -0.4 is 15.5 Å². The Balaban J connectivity index is 0.686. The van der Waals surface area contributed by atoms with Crippen molar-refractivity contribution in [2.75, 3.05) is 77.1 Å². The van der Waals surface area contributed by atoms with E-state index in [4.69, 9.17) is 16.0 Å². The number of fused-ring (bicyclic) bond motifs is 4. The summed E-state index contributed by atoms with van der Waals surface area (Å²) in [5.74, 6) is -1.42. The molecular weight excluding hydrogens is 983 g/mol. The van der Waals surface area contributed by atoms with Crippen molar-refractivity contribution >= 4 is 63.0 Å². The number of aromatic amines is 1. The molecular formula is C58H71N9O8S. The minimum absolute atomic E-state index is 0.0295. The molecule has 17 nitrogen and oxygen atoms in total. The zero-order valence-electron chi connectivity index (χ0n) is 44.8. The number of likely N-dealkylation sites (tertiary alicyclic amines) is 1. The number of carbonyl (C=O) groups is 5. The summed E-state index contributed by atoms with van der Waals surface area (Å²) in [6.45, 7) is 25.9. The van der Waals surface area contributed by atoms with Crippen LogP contribution in [0.2, 0.25) is 0 Å². The van der Waals surface area contributed by atoms with Gasteiger partial charge >= 0.3 is 0 Å². The molecule has 0 bridgehead atoms. The maximum absolute atomic E-state index is 14.2. The van der Waals surface area contributed by atoms with Crippen LogP contribution in [-0.2, 0) is 47.0 Å². The largest absolute Gasteiger partial charge is 0.391 e. The predicted molar refractivity (Wildman–Crippen MR) is 293 cm³/mol. The van der Waals surface area contributed by atoms with Gasteiger partial charge < -0.3 is 44.9 Å². The second-order valence-electron chi connectivity index (χ2n) is 22.2. The van der Waals surface area contributed by atoms with Crippen LogP contribution in [-0.4, -0.2) is 156 Å². The summed E-state index contributed by atoms with van der Waals surface area (Å²) in [7, 11) is 0. The van der Waals surface area contributed by atoms with Crippen LogP contribution in [0.25, 0.3) is 26.2 Å². The highest BCUT2D eigenvalue weighted by Crippen LogP contribution is 2.46. The average molecular weight is 1050 g/mol. The molecule has 18 heteroatoms. The van der Waals surface area contributed by atoms with E-state index >= 15 is 0 Å². The molecule has 5 aromatic rings. The summed E-state index contributed by atoms with van der Waals surface area (Å²) < 4.78 is 11.3. The number of hydrogen-bond donors (Lipinski definition) is 4. The topological polar surface area (TPSA) is 194 Å². The van der Waals surface area contributed by atoms with Crippen LogP contribution in [0.5, 0.6) is 0 Å². The van der Waals surface area contributed by atoms with Gasteiger partial charge in [-0.2, -0.15) is 0 Å². The van der Waals surface area contributed by atoms with E-state index in [0.29, 0.717) is 30.4 Å². The molecule has 402 valence electrons. The number of carbonyl (C=O) groups excluding carboxylic acids is 5. The highest BCUT2D eigenvalue weighted by molar-refractivity contribution is 7.13. The van der Waals surface area contributed by atoms with Crippen molar-refractivity contribution in [3.8, 4) is 10.4 Å². The zero-order chi connectivity index (χ0) is 54.1. The van der Waals surface area contributed by atoms with Gasteiger partial charge in [-0.15, -0.1) is 11.3 Å². The highest BCUT2D eigenvalue weighted by Gasteiger charge is 2.45. The number of ether oxygens (including phenoxy) is 2. The first kappa shape index (κ1) is 54.3. The van der Waals surface area contributed by atoms with Gasteiger partial charge in [-0.1, -0.05) is 77.9 Å². The molecule has 3 saturated heterocycles. The lowest BCUT2D eigenvalue weighted by Gasteiger charge is -2.44. The Labute approximate surface area is 449 Å². The number of rotatable bonds is 16. The Morgan fingerprint density at radius 3 is 2.34 bits per heavy atom. The van der Waals surface area contributed by atoms with Gasteiger partial charge in [-0.25, -0.2) is 9.83 Å². The number of aryl methyl sites for hydroxylation is 2. The molecule has 3 fully saturated rings. The summed E-state index contributed by atoms with van der Waals surface area (Å²) in [4.78, 5) is 88.8. The molecule has 4 amide bonds. The lowest BCUT2D eigenvalue weighted by molar-refractivity contribution is -0.144. The maximum Gasteiger partial charge on any atom is 0.248 e. The van der Waals surface area contributed by atoms with Gasteiger partial charge in [0.25, 0.3) is 0 Å². The third kappa shape index (κ3) is 11.3. The molecule has 2 aromatic heterocycles. The second-order valence-corrected chi connectivity index (χ2v) is 23.1. The molecule has 0 spiro atoms. The number of hydrogen-bond acceptors (Lipinski definition) is 12. The molecule has 1 aliphatic carbocycles. The second kappa shape index (κ2) is 22.6. The molecule has 3 aromatic carbocycles. The Hall–Kier alpha value is -6.49. The average Bonchev–Trinajstić information content (AvgIpc) is 4.16. The Morgan fingerprint density at radius 1 is 0.974 bits per heavy atom. The molecule has 3 aliphatic heterocycles. The third-order valence-corrected chi connectivity index (χ3v) is 16.8. The van der Waals surface area contributed by atoms with Crippen LogP contribution >= 0.6 is 11.3 Å². The number of benzene rings is 3. The Bertz CT molecular complexity index is 3030. The van der Waals surface area contributed by atoms with Crippen LogP contribution in [0.4, 0.5) is 11.4 Å². The first-order valence-electron chi connectivity index (χ1n) is 26.6. The van der Waals surface area contributed by atoms with Gasteiger partial charge in [0, 0.05) is 98.1 Å². The number of anilines is 1. The van der Waals surface area contributed by atoms with Gasteiger partial charge in [-0.3, -0.25) is 28.9 Å². The first-order chi connectivity index (χ1) is 36.4. The number of aromatic nitrogens is 2. The number of amides is 4. The molecule has 3 atom stereocenters. The van der Waals surface area contributed by atoms with Crippen LogP contribution in [0.15, 0.2) is 60.1 Å². The van der Waals surface area contributed by atoms with Crippen LogP contribution in [0.1, 0.15) is 105 Å². The lowest BCUT2D eigenvalue weighted by atomic mass is 9.70. The fourth-order valence-electron chi connectivity index (χ4n) is 11.5. The predicted octanol–water partition coefficient (Wildman–Crippen LogP) is 6.54. The fraction of sp³-hybridized carbons (Fsp3) is 0.500. The summed E-state index contributed by atoms with van der Waals surface area (Å²) in [6, 6.07) is 16.2. The molecule has 0 unspecified atom stereocenters. The molecule has 9 rings (SSSR count). The Kier molecular flexibility index (Phi) is 16.2. The van der Waals surface area contributed by atoms with Crippen molar-refractivity contribution in [2.24, 2.45) is 5.41 Å². The fourth-order valence-corrected chi connectivity index (χ4v) is 12.3. The lowest BCUT2D eigenvalue weighted by Crippen LogP contribution is -2.58. The van der Waals surface area contributed by atoms with E-state index < -0.39 is 40.8 Å².